The third kappa shape index (κ3) is 4.33. The number of nitrogens with two attached hydrogens (primary N) is 1. The summed E-state index contributed by atoms with van der Waals surface area (Å²) in [5.41, 5.74) is 6.42. The van der Waals surface area contributed by atoms with Crippen LogP contribution in [0, 0.1) is 5.92 Å². The highest BCUT2D eigenvalue weighted by atomic mass is 16.5. The summed E-state index contributed by atoms with van der Waals surface area (Å²) < 4.78 is 5.32. The summed E-state index contributed by atoms with van der Waals surface area (Å²) in [4.78, 5) is 25.4. The lowest BCUT2D eigenvalue weighted by molar-refractivity contribution is -0.122. The number of ether oxygens (including phenoxy) is 1. The Labute approximate surface area is 141 Å². The van der Waals surface area contributed by atoms with Crippen LogP contribution in [0.15, 0.2) is 6.07 Å². The predicted octanol–water partition coefficient (Wildman–Crippen LogP) is -0.159. The van der Waals surface area contributed by atoms with E-state index in [0.29, 0.717) is 19.0 Å². The zero-order chi connectivity index (χ0) is 16.9. The molecule has 132 valence electrons. The minimum atomic E-state index is -0.527. The Morgan fingerprint density at radius 2 is 2.33 bits per heavy atom. The highest BCUT2D eigenvalue weighted by Gasteiger charge is 2.25. The molecule has 4 N–H and O–H groups in total. The number of rotatable bonds is 6. The van der Waals surface area contributed by atoms with Crippen molar-refractivity contribution in [3.05, 3.63) is 17.5 Å². The molecule has 0 saturated carbocycles. The van der Waals surface area contributed by atoms with Gasteiger partial charge in [-0.15, -0.1) is 0 Å². The monoisotopic (exact) mass is 335 g/mol. The average Bonchev–Trinajstić information content (AvgIpc) is 3.25. The number of H-pyrrole nitrogens is 1. The zero-order valence-corrected chi connectivity index (χ0v) is 13.8. The van der Waals surface area contributed by atoms with Crippen LogP contribution in [0.1, 0.15) is 41.4 Å². The largest absolute Gasteiger partial charge is 0.381 e. The average molecular weight is 335 g/mol. The van der Waals surface area contributed by atoms with E-state index < -0.39 is 5.91 Å². The highest BCUT2D eigenvalue weighted by Crippen LogP contribution is 2.25. The SMILES string of the molecule is NC(=O)c1cc([C@@H]2CCCN(CC(=O)NC[C@H]3CCOC3)C2)[nH]n1. The minimum Gasteiger partial charge on any atom is -0.381 e. The molecule has 3 rings (SSSR count). The molecule has 0 aromatic carbocycles. The molecular weight excluding hydrogens is 310 g/mol. The van der Waals surface area contributed by atoms with Gasteiger partial charge < -0.3 is 15.8 Å². The molecule has 1 aromatic rings. The van der Waals surface area contributed by atoms with Gasteiger partial charge in [0, 0.05) is 37.2 Å². The van der Waals surface area contributed by atoms with E-state index in [2.05, 4.69) is 20.4 Å². The summed E-state index contributed by atoms with van der Waals surface area (Å²) in [6.45, 7) is 4.33. The van der Waals surface area contributed by atoms with Crippen LogP contribution in [0.4, 0.5) is 0 Å². The fraction of sp³-hybridized carbons (Fsp3) is 0.688. The van der Waals surface area contributed by atoms with Crippen molar-refractivity contribution in [2.24, 2.45) is 11.7 Å². The standard InChI is InChI=1S/C16H25N5O3/c17-16(23)14-6-13(19-20-14)12-2-1-4-21(8-12)9-15(22)18-7-11-3-5-24-10-11/h6,11-12H,1-5,7-10H2,(H2,17,23)(H,18,22)(H,19,20)/t11-,12-/m1/s1. The summed E-state index contributed by atoms with van der Waals surface area (Å²) >= 11 is 0. The van der Waals surface area contributed by atoms with Crippen molar-refractivity contribution < 1.29 is 14.3 Å². The predicted molar refractivity (Wildman–Crippen MR) is 87.5 cm³/mol. The van der Waals surface area contributed by atoms with Gasteiger partial charge in [0.1, 0.15) is 5.69 Å². The van der Waals surface area contributed by atoms with Crippen LogP contribution >= 0.6 is 0 Å². The normalized spacial score (nSPS) is 24.8. The maximum absolute atomic E-state index is 12.1. The van der Waals surface area contributed by atoms with Gasteiger partial charge in [0.2, 0.25) is 5.91 Å². The molecule has 2 fully saturated rings. The summed E-state index contributed by atoms with van der Waals surface area (Å²) in [7, 11) is 0. The van der Waals surface area contributed by atoms with Crippen molar-refractivity contribution in [1.82, 2.24) is 20.4 Å². The molecule has 0 bridgehead atoms. The Morgan fingerprint density at radius 1 is 1.46 bits per heavy atom. The van der Waals surface area contributed by atoms with E-state index >= 15 is 0 Å². The van der Waals surface area contributed by atoms with Gasteiger partial charge in [-0.05, 0) is 31.9 Å². The number of piperidine rings is 1. The number of nitrogens with zero attached hydrogens (tertiary/aromatic N) is 2. The lowest BCUT2D eigenvalue weighted by Gasteiger charge is -2.31. The van der Waals surface area contributed by atoms with Crippen molar-refractivity contribution >= 4 is 11.8 Å². The second-order valence-corrected chi connectivity index (χ2v) is 6.68. The highest BCUT2D eigenvalue weighted by molar-refractivity contribution is 5.90. The van der Waals surface area contributed by atoms with Gasteiger partial charge in [-0.1, -0.05) is 0 Å². The lowest BCUT2D eigenvalue weighted by Crippen LogP contribution is -2.43. The maximum Gasteiger partial charge on any atom is 0.269 e. The molecular formula is C16H25N5O3. The van der Waals surface area contributed by atoms with Gasteiger partial charge in [0.15, 0.2) is 0 Å². The van der Waals surface area contributed by atoms with Crippen LogP contribution in [-0.4, -0.2) is 66.3 Å². The van der Waals surface area contributed by atoms with Gasteiger partial charge in [-0.2, -0.15) is 5.10 Å². The number of amides is 2. The zero-order valence-electron chi connectivity index (χ0n) is 13.8. The molecule has 2 atom stereocenters. The number of aromatic amines is 1. The second kappa shape index (κ2) is 7.76. The Bertz CT molecular complexity index is 582. The molecule has 8 nitrogen and oxygen atoms in total. The summed E-state index contributed by atoms with van der Waals surface area (Å²) in [6.07, 6.45) is 3.05. The van der Waals surface area contributed by atoms with Gasteiger partial charge >= 0.3 is 0 Å². The van der Waals surface area contributed by atoms with Crippen LogP contribution in [-0.2, 0) is 9.53 Å². The lowest BCUT2D eigenvalue weighted by atomic mass is 9.94. The fourth-order valence-corrected chi connectivity index (χ4v) is 3.39. The van der Waals surface area contributed by atoms with E-state index in [-0.39, 0.29) is 17.5 Å². The van der Waals surface area contributed by atoms with Crippen LogP contribution in [0.5, 0.6) is 0 Å². The topological polar surface area (TPSA) is 113 Å². The van der Waals surface area contributed by atoms with E-state index in [0.717, 1.165) is 51.3 Å². The molecule has 0 radical (unpaired) electrons. The number of primary amides is 1. The van der Waals surface area contributed by atoms with Gasteiger partial charge in [-0.25, -0.2) is 0 Å². The molecule has 0 aliphatic carbocycles. The molecule has 24 heavy (non-hydrogen) atoms. The van der Waals surface area contributed by atoms with Crippen LogP contribution in [0.25, 0.3) is 0 Å². The van der Waals surface area contributed by atoms with E-state index in [9.17, 15) is 9.59 Å². The van der Waals surface area contributed by atoms with E-state index in [1.807, 2.05) is 0 Å². The number of nitrogens with one attached hydrogen (secondary N) is 2. The fourth-order valence-electron chi connectivity index (χ4n) is 3.39. The molecule has 2 amide bonds. The molecule has 0 spiro atoms. The molecule has 1 aromatic heterocycles. The van der Waals surface area contributed by atoms with Gasteiger partial charge in [0.25, 0.3) is 5.91 Å². The number of hydrogen-bond acceptors (Lipinski definition) is 5. The second-order valence-electron chi connectivity index (χ2n) is 6.68. The first-order valence-electron chi connectivity index (χ1n) is 8.53. The summed E-state index contributed by atoms with van der Waals surface area (Å²) in [5.74, 6) is 0.223. The Kier molecular flexibility index (Phi) is 5.47. The van der Waals surface area contributed by atoms with Gasteiger partial charge in [-0.3, -0.25) is 19.6 Å². The van der Waals surface area contributed by atoms with Crippen LogP contribution < -0.4 is 11.1 Å². The summed E-state index contributed by atoms with van der Waals surface area (Å²) in [5, 5.41) is 9.85. The molecule has 2 aliphatic rings. The number of hydrogen-bond donors (Lipinski definition) is 3. The molecule has 2 aliphatic heterocycles. The minimum absolute atomic E-state index is 0.0602. The first-order chi connectivity index (χ1) is 11.6. The van der Waals surface area contributed by atoms with Crippen LogP contribution in [0.2, 0.25) is 0 Å². The molecule has 3 heterocycles. The van der Waals surface area contributed by atoms with Gasteiger partial charge in [0.05, 0.1) is 13.2 Å². The van der Waals surface area contributed by atoms with Crippen molar-refractivity contribution in [2.45, 2.75) is 25.2 Å². The first-order valence-corrected chi connectivity index (χ1v) is 8.53. The van der Waals surface area contributed by atoms with E-state index in [1.165, 1.54) is 0 Å². The maximum atomic E-state index is 12.1. The third-order valence-electron chi connectivity index (χ3n) is 4.77. The Morgan fingerprint density at radius 3 is 3.04 bits per heavy atom. The van der Waals surface area contributed by atoms with E-state index in [1.54, 1.807) is 6.07 Å². The molecule has 2 saturated heterocycles. The Hall–Kier alpha value is -1.93. The van der Waals surface area contributed by atoms with Crippen LogP contribution in [0.3, 0.4) is 0 Å². The first kappa shape index (κ1) is 16.9. The third-order valence-corrected chi connectivity index (χ3v) is 4.77. The van der Waals surface area contributed by atoms with E-state index in [4.69, 9.17) is 10.5 Å². The molecule has 8 heteroatoms. The van der Waals surface area contributed by atoms with Crippen molar-refractivity contribution in [1.29, 1.82) is 0 Å². The van der Waals surface area contributed by atoms with Crippen molar-refractivity contribution in [2.75, 3.05) is 39.4 Å². The number of carbonyl (C=O) groups excluding carboxylic acids is 2. The summed E-state index contributed by atoms with van der Waals surface area (Å²) in [6, 6.07) is 1.72. The number of carbonyl (C=O) groups is 2. The number of likely N-dealkylation sites (tertiary alicyclic amines) is 1. The van der Waals surface area contributed by atoms with Crippen molar-refractivity contribution in [3.8, 4) is 0 Å². The smallest absolute Gasteiger partial charge is 0.269 e. The number of aromatic nitrogens is 2. The quantitative estimate of drug-likeness (QED) is 0.668. The Balaban J connectivity index is 1.47. The van der Waals surface area contributed by atoms with Crippen molar-refractivity contribution in [3.63, 3.8) is 0 Å². The molecule has 0 unspecified atom stereocenters.